The Morgan fingerprint density at radius 2 is 2.24 bits per heavy atom. The van der Waals surface area contributed by atoms with E-state index in [1.807, 2.05) is 0 Å². The molecular formula is C11H15N3O3. The van der Waals surface area contributed by atoms with Gasteiger partial charge >= 0.3 is 5.97 Å². The zero-order valence-electron chi connectivity index (χ0n) is 9.45. The third kappa shape index (κ3) is 2.64. The van der Waals surface area contributed by atoms with E-state index in [9.17, 15) is 9.59 Å². The lowest BCUT2D eigenvalue weighted by Crippen LogP contribution is -2.49. The van der Waals surface area contributed by atoms with Crippen molar-refractivity contribution in [2.24, 2.45) is 0 Å². The highest BCUT2D eigenvalue weighted by Crippen LogP contribution is 2.17. The summed E-state index contributed by atoms with van der Waals surface area (Å²) in [6.45, 7) is 0.633. The van der Waals surface area contributed by atoms with Crippen molar-refractivity contribution in [2.75, 3.05) is 6.54 Å². The summed E-state index contributed by atoms with van der Waals surface area (Å²) in [5.41, 5.74) is 0. The van der Waals surface area contributed by atoms with Gasteiger partial charge in [-0.25, -0.2) is 4.79 Å². The van der Waals surface area contributed by atoms with Crippen LogP contribution in [-0.2, 0) is 16.1 Å². The molecule has 1 atom stereocenters. The molecule has 1 aliphatic rings. The van der Waals surface area contributed by atoms with Crippen LogP contribution in [0, 0.1) is 0 Å². The molecule has 0 radical (unpaired) electrons. The number of nitrogens with zero attached hydrogens (tertiary/aromatic N) is 3. The molecule has 0 spiro atoms. The maximum atomic E-state index is 12.0. The zero-order valence-corrected chi connectivity index (χ0v) is 9.45. The minimum Gasteiger partial charge on any atom is -0.480 e. The Morgan fingerprint density at radius 1 is 1.41 bits per heavy atom. The standard InChI is InChI=1S/C11H15N3O3/c15-10(8-13-6-3-5-12-13)14-7-2-1-4-9(14)11(16)17/h3,5-6,9H,1-2,4,7-8H2,(H,16,17). The molecule has 6 heteroatoms. The van der Waals surface area contributed by atoms with Crippen LogP contribution >= 0.6 is 0 Å². The summed E-state index contributed by atoms with van der Waals surface area (Å²) in [5.74, 6) is -1.10. The van der Waals surface area contributed by atoms with Gasteiger partial charge in [0.15, 0.2) is 0 Å². The molecule has 17 heavy (non-hydrogen) atoms. The molecule has 1 aliphatic heterocycles. The lowest BCUT2D eigenvalue weighted by molar-refractivity contribution is -0.152. The Labute approximate surface area is 98.8 Å². The Hall–Kier alpha value is -1.85. The molecule has 92 valence electrons. The Kier molecular flexibility index (Phi) is 3.41. The maximum absolute atomic E-state index is 12.0. The van der Waals surface area contributed by atoms with E-state index in [1.54, 1.807) is 18.5 Å². The molecular weight excluding hydrogens is 222 g/mol. The number of aliphatic carboxylic acids is 1. The molecule has 1 fully saturated rings. The molecule has 1 aromatic rings. The minimum absolute atomic E-state index is 0.108. The largest absolute Gasteiger partial charge is 0.480 e. The van der Waals surface area contributed by atoms with E-state index in [0.717, 1.165) is 12.8 Å². The van der Waals surface area contributed by atoms with Crippen molar-refractivity contribution in [1.29, 1.82) is 0 Å². The van der Waals surface area contributed by atoms with Gasteiger partial charge in [-0.2, -0.15) is 5.10 Å². The molecule has 1 N–H and O–H groups in total. The molecule has 2 rings (SSSR count). The van der Waals surface area contributed by atoms with E-state index in [1.165, 1.54) is 9.58 Å². The highest BCUT2D eigenvalue weighted by Gasteiger charge is 2.31. The first-order valence-corrected chi connectivity index (χ1v) is 5.68. The first-order valence-electron chi connectivity index (χ1n) is 5.68. The predicted molar refractivity (Wildman–Crippen MR) is 59.2 cm³/mol. The van der Waals surface area contributed by atoms with E-state index in [2.05, 4.69) is 5.10 Å². The van der Waals surface area contributed by atoms with Crippen molar-refractivity contribution < 1.29 is 14.7 Å². The van der Waals surface area contributed by atoms with Gasteiger partial charge < -0.3 is 10.0 Å². The van der Waals surface area contributed by atoms with E-state index >= 15 is 0 Å². The van der Waals surface area contributed by atoms with Gasteiger partial charge in [0, 0.05) is 18.9 Å². The second-order valence-corrected chi connectivity index (χ2v) is 4.14. The highest BCUT2D eigenvalue weighted by molar-refractivity contribution is 5.83. The van der Waals surface area contributed by atoms with Crippen molar-refractivity contribution in [3.05, 3.63) is 18.5 Å². The van der Waals surface area contributed by atoms with Gasteiger partial charge in [-0.15, -0.1) is 0 Å². The first-order chi connectivity index (χ1) is 8.18. The fourth-order valence-corrected chi connectivity index (χ4v) is 2.11. The number of rotatable bonds is 3. The van der Waals surface area contributed by atoms with Crippen LogP contribution in [0.15, 0.2) is 18.5 Å². The number of carbonyl (C=O) groups excluding carboxylic acids is 1. The fourth-order valence-electron chi connectivity index (χ4n) is 2.11. The average Bonchev–Trinajstić information content (AvgIpc) is 2.81. The van der Waals surface area contributed by atoms with Crippen LogP contribution in [0.2, 0.25) is 0 Å². The number of carboxylic acids is 1. The topological polar surface area (TPSA) is 75.4 Å². The summed E-state index contributed by atoms with van der Waals surface area (Å²) in [6, 6.07) is 1.06. The maximum Gasteiger partial charge on any atom is 0.326 e. The Balaban J connectivity index is 2.03. The molecule has 1 amide bonds. The van der Waals surface area contributed by atoms with Gasteiger partial charge in [0.1, 0.15) is 12.6 Å². The summed E-state index contributed by atoms with van der Waals surface area (Å²) < 4.78 is 1.51. The molecule has 2 heterocycles. The van der Waals surface area contributed by atoms with Crippen molar-refractivity contribution in [3.63, 3.8) is 0 Å². The second-order valence-electron chi connectivity index (χ2n) is 4.14. The van der Waals surface area contributed by atoms with Gasteiger partial charge in [0.05, 0.1) is 0 Å². The number of hydrogen-bond acceptors (Lipinski definition) is 3. The quantitative estimate of drug-likeness (QED) is 0.823. The molecule has 1 saturated heterocycles. The summed E-state index contributed by atoms with van der Waals surface area (Å²) in [6.07, 6.45) is 5.56. The van der Waals surface area contributed by atoms with Gasteiger partial charge in [0.2, 0.25) is 5.91 Å². The summed E-state index contributed by atoms with van der Waals surface area (Å²) >= 11 is 0. The third-order valence-corrected chi connectivity index (χ3v) is 2.96. The Morgan fingerprint density at radius 3 is 2.88 bits per heavy atom. The second kappa shape index (κ2) is 4.99. The number of hydrogen-bond donors (Lipinski definition) is 1. The SMILES string of the molecule is O=C(O)C1CCCCN1C(=O)Cn1cccn1. The van der Waals surface area contributed by atoms with Gasteiger partial charge in [-0.3, -0.25) is 9.48 Å². The average molecular weight is 237 g/mol. The summed E-state index contributed by atoms with van der Waals surface area (Å²) in [4.78, 5) is 24.5. The molecule has 1 aromatic heterocycles. The van der Waals surface area contributed by atoms with Crippen molar-refractivity contribution in [1.82, 2.24) is 14.7 Å². The van der Waals surface area contributed by atoms with Crippen LogP contribution in [0.3, 0.4) is 0 Å². The third-order valence-electron chi connectivity index (χ3n) is 2.96. The van der Waals surface area contributed by atoms with Crippen molar-refractivity contribution >= 4 is 11.9 Å². The van der Waals surface area contributed by atoms with E-state index in [4.69, 9.17) is 5.11 Å². The highest BCUT2D eigenvalue weighted by atomic mass is 16.4. The van der Waals surface area contributed by atoms with E-state index in [0.29, 0.717) is 13.0 Å². The van der Waals surface area contributed by atoms with Crippen molar-refractivity contribution in [2.45, 2.75) is 31.8 Å². The normalized spacial score (nSPS) is 20.2. The van der Waals surface area contributed by atoms with Crippen LogP contribution < -0.4 is 0 Å². The van der Waals surface area contributed by atoms with Gasteiger partial charge in [-0.1, -0.05) is 0 Å². The van der Waals surface area contributed by atoms with Crippen LogP contribution in [-0.4, -0.2) is 44.3 Å². The van der Waals surface area contributed by atoms with Crippen LogP contribution in [0.25, 0.3) is 0 Å². The smallest absolute Gasteiger partial charge is 0.326 e. The lowest BCUT2D eigenvalue weighted by atomic mass is 10.0. The van der Waals surface area contributed by atoms with E-state index in [-0.39, 0.29) is 12.5 Å². The number of piperidine rings is 1. The molecule has 6 nitrogen and oxygen atoms in total. The predicted octanol–water partition coefficient (Wildman–Crippen LogP) is 0.349. The van der Waals surface area contributed by atoms with Crippen LogP contribution in [0.4, 0.5) is 0 Å². The van der Waals surface area contributed by atoms with Crippen LogP contribution in [0.5, 0.6) is 0 Å². The fraction of sp³-hybridized carbons (Fsp3) is 0.545. The number of likely N-dealkylation sites (tertiary alicyclic amines) is 1. The number of carbonyl (C=O) groups is 2. The molecule has 0 aliphatic carbocycles. The summed E-state index contributed by atoms with van der Waals surface area (Å²) in [7, 11) is 0. The number of aromatic nitrogens is 2. The first kappa shape index (κ1) is 11.6. The van der Waals surface area contributed by atoms with Gasteiger partial charge in [-0.05, 0) is 25.3 Å². The molecule has 1 unspecified atom stereocenters. The lowest BCUT2D eigenvalue weighted by Gasteiger charge is -2.32. The van der Waals surface area contributed by atoms with E-state index < -0.39 is 12.0 Å². The monoisotopic (exact) mass is 237 g/mol. The number of carboxylic acid groups (broad SMARTS) is 1. The molecule has 0 aromatic carbocycles. The summed E-state index contributed by atoms with van der Waals surface area (Å²) in [5, 5.41) is 13.0. The number of amides is 1. The van der Waals surface area contributed by atoms with Crippen molar-refractivity contribution in [3.8, 4) is 0 Å². The zero-order chi connectivity index (χ0) is 12.3. The molecule has 0 bridgehead atoms. The minimum atomic E-state index is -0.918. The molecule has 0 saturated carbocycles. The van der Waals surface area contributed by atoms with Gasteiger partial charge in [0.25, 0.3) is 0 Å². The van der Waals surface area contributed by atoms with Crippen LogP contribution in [0.1, 0.15) is 19.3 Å². The Bertz CT molecular complexity index is 402.